The van der Waals surface area contributed by atoms with E-state index in [2.05, 4.69) is 10.3 Å². The van der Waals surface area contributed by atoms with Gasteiger partial charge >= 0.3 is 0 Å². The molecular formula is C9H11Cl2N3O3. The molecule has 1 rings (SSSR count). The van der Waals surface area contributed by atoms with Gasteiger partial charge in [-0.15, -0.1) is 23.2 Å². The Morgan fingerprint density at radius 3 is 2.59 bits per heavy atom. The Morgan fingerprint density at radius 2 is 2.18 bits per heavy atom. The number of nitrogens with one attached hydrogen (secondary N) is 2. The average molecular weight is 280 g/mol. The van der Waals surface area contributed by atoms with Gasteiger partial charge in [-0.05, 0) is 6.92 Å². The van der Waals surface area contributed by atoms with Crippen molar-refractivity contribution < 1.29 is 9.72 Å². The Balaban J connectivity index is 2.79. The standard InChI is InChI=1S/C9H11Cl2N3O3/c1-9(4-10,5-11)13-8(15)7-2-6(3-12-7)14(16)17/h2-3,12H,4-5H2,1H3,(H,13,15). The maximum absolute atomic E-state index is 11.7. The Bertz CT molecular complexity index is 429. The number of hydrogen-bond donors (Lipinski definition) is 2. The third-order valence-electron chi connectivity index (χ3n) is 2.13. The fourth-order valence-corrected chi connectivity index (χ4v) is 1.48. The predicted molar refractivity (Wildman–Crippen MR) is 64.8 cm³/mol. The molecular weight excluding hydrogens is 269 g/mol. The van der Waals surface area contributed by atoms with Crippen molar-refractivity contribution >= 4 is 34.8 Å². The molecule has 8 heteroatoms. The summed E-state index contributed by atoms with van der Waals surface area (Å²) in [6.07, 6.45) is 1.15. The van der Waals surface area contributed by atoms with Crippen molar-refractivity contribution in [3.8, 4) is 0 Å². The van der Waals surface area contributed by atoms with Gasteiger partial charge in [0.15, 0.2) is 0 Å². The van der Waals surface area contributed by atoms with E-state index in [0.717, 1.165) is 12.3 Å². The van der Waals surface area contributed by atoms with E-state index in [4.69, 9.17) is 23.2 Å². The lowest BCUT2D eigenvalue weighted by atomic mass is 10.1. The number of nitrogens with zero attached hydrogens (tertiary/aromatic N) is 1. The molecule has 0 unspecified atom stereocenters. The summed E-state index contributed by atoms with van der Waals surface area (Å²) < 4.78 is 0. The molecule has 1 amide bonds. The largest absolute Gasteiger partial charge is 0.351 e. The minimum Gasteiger partial charge on any atom is -0.351 e. The minimum atomic E-state index is -0.750. The molecule has 1 heterocycles. The van der Waals surface area contributed by atoms with Crippen LogP contribution in [0.15, 0.2) is 12.3 Å². The monoisotopic (exact) mass is 279 g/mol. The SMILES string of the molecule is CC(CCl)(CCl)NC(=O)c1cc([N+](=O)[O-])c[nH]1. The predicted octanol–water partition coefficient (Wildman–Crippen LogP) is 1.89. The van der Waals surface area contributed by atoms with Crippen molar-refractivity contribution in [1.82, 2.24) is 10.3 Å². The quantitative estimate of drug-likeness (QED) is 0.490. The summed E-state index contributed by atoms with van der Waals surface area (Å²) in [7, 11) is 0. The lowest BCUT2D eigenvalue weighted by molar-refractivity contribution is -0.384. The molecule has 0 aliphatic carbocycles. The van der Waals surface area contributed by atoms with Gasteiger partial charge in [0.05, 0.1) is 16.7 Å². The fourth-order valence-electron chi connectivity index (χ4n) is 1.06. The summed E-state index contributed by atoms with van der Waals surface area (Å²) >= 11 is 11.4. The smallest absolute Gasteiger partial charge is 0.287 e. The maximum Gasteiger partial charge on any atom is 0.287 e. The van der Waals surface area contributed by atoms with Crippen LogP contribution in [-0.4, -0.2) is 33.1 Å². The number of alkyl halides is 2. The zero-order valence-electron chi connectivity index (χ0n) is 9.00. The number of carbonyl (C=O) groups is 1. The first-order valence-electron chi connectivity index (χ1n) is 4.69. The zero-order chi connectivity index (χ0) is 13.1. The van der Waals surface area contributed by atoms with Crippen molar-refractivity contribution in [2.24, 2.45) is 0 Å². The van der Waals surface area contributed by atoms with E-state index >= 15 is 0 Å². The van der Waals surface area contributed by atoms with E-state index in [1.165, 1.54) is 0 Å². The Kier molecular flexibility index (Phi) is 4.36. The van der Waals surface area contributed by atoms with Crippen LogP contribution in [0.4, 0.5) is 5.69 Å². The van der Waals surface area contributed by atoms with Gasteiger partial charge in [-0.1, -0.05) is 0 Å². The number of aromatic amines is 1. The number of nitro groups is 1. The van der Waals surface area contributed by atoms with Gasteiger partial charge in [-0.3, -0.25) is 14.9 Å². The van der Waals surface area contributed by atoms with E-state index in [9.17, 15) is 14.9 Å². The number of hydrogen-bond acceptors (Lipinski definition) is 3. The van der Waals surface area contributed by atoms with Crippen LogP contribution < -0.4 is 5.32 Å². The lowest BCUT2D eigenvalue weighted by Gasteiger charge is -2.25. The highest BCUT2D eigenvalue weighted by molar-refractivity contribution is 6.22. The summed E-state index contributed by atoms with van der Waals surface area (Å²) in [6.45, 7) is 1.68. The molecule has 0 bridgehead atoms. The van der Waals surface area contributed by atoms with E-state index in [0.29, 0.717) is 0 Å². The summed E-state index contributed by atoms with van der Waals surface area (Å²) in [5.74, 6) is -0.197. The van der Waals surface area contributed by atoms with Crippen LogP contribution in [-0.2, 0) is 0 Å². The van der Waals surface area contributed by atoms with Gasteiger partial charge in [0.1, 0.15) is 5.69 Å². The normalized spacial score (nSPS) is 11.2. The number of rotatable bonds is 5. The van der Waals surface area contributed by atoms with Crippen LogP contribution in [0, 0.1) is 10.1 Å². The van der Waals surface area contributed by atoms with Gasteiger partial charge in [-0.2, -0.15) is 0 Å². The highest BCUT2D eigenvalue weighted by atomic mass is 35.5. The second-order valence-electron chi connectivity index (χ2n) is 3.81. The van der Waals surface area contributed by atoms with Gasteiger partial charge in [0.2, 0.25) is 0 Å². The number of carbonyl (C=O) groups excluding carboxylic acids is 1. The average Bonchev–Trinajstić information content (AvgIpc) is 2.78. The van der Waals surface area contributed by atoms with Gasteiger partial charge in [-0.25, -0.2) is 0 Å². The maximum atomic E-state index is 11.7. The van der Waals surface area contributed by atoms with E-state index in [1.807, 2.05) is 0 Å². The number of H-pyrrole nitrogens is 1. The van der Waals surface area contributed by atoms with Crippen LogP contribution in [0.1, 0.15) is 17.4 Å². The molecule has 1 aromatic rings. The molecule has 94 valence electrons. The highest BCUT2D eigenvalue weighted by Crippen LogP contribution is 2.14. The second kappa shape index (κ2) is 5.37. The van der Waals surface area contributed by atoms with E-state index in [1.54, 1.807) is 6.92 Å². The molecule has 0 saturated heterocycles. The highest BCUT2D eigenvalue weighted by Gasteiger charge is 2.26. The Hall–Kier alpha value is -1.27. The Labute approximate surface area is 107 Å². The molecule has 17 heavy (non-hydrogen) atoms. The summed E-state index contributed by atoms with van der Waals surface area (Å²) in [6, 6.07) is 1.15. The first-order valence-corrected chi connectivity index (χ1v) is 5.76. The molecule has 0 aliphatic rings. The molecule has 0 aromatic carbocycles. The van der Waals surface area contributed by atoms with Crippen LogP contribution in [0.3, 0.4) is 0 Å². The van der Waals surface area contributed by atoms with Gasteiger partial charge in [0.25, 0.3) is 11.6 Å². The Morgan fingerprint density at radius 1 is 1.59 bits per heavy atom. The molecule has 0 saturated carbocycles. The topological polar surface area (TPSA) is 88.0 Å². The molecule has 1 aromatic heterocycles. The van der Waals surface area contributed by atoms with Crippen molar-refractivity contribution in [2.75, 3.05) is 11.8 Å². The van der Waals surface area contributed by atoms with Crippen molar-refractivity contribution in [3.05, 3.63) is 28.1 Å². The lowest BCUT2D eigenvalue weighted by Crippen LogP contribution is -2.49. The summed E-state index contributed by atoms with van der Waals surface area (Å²) in [5.41, 5.74) is -0.827. The fraction of sp³-hybridized carbons (Fsp3) is 0.444. The molecule has 6 nitrogen and oxygen atoms in total. The molecule has 0 aliphatic heterocycles. The van der Waals surface area contributed by atoms with Crippen LogP contribution in [0.25, 0.3) is 0 Å². The molecule has 0 atom stereocenters. The molecule has 2 N–H and O–H groups in total. The molecule has 0 spiro atoms. The summed E-state index contributed by atoms with van der Waals surface area (Å²) in [4.78, 5) is 24.1. The van der Waals surface area contributed by atoms with Gasteiger partial charge in [0, 0.05) is 17.8 Å². The van der Waals surface area contributed by atoms with Crippen LogP contribution in [0.5, 0.6) is 0 Å². The zero-order valence-corrected chi connectivity index (χ0v) is 10.5. The summed E-state index contributed by atoms with van der Waals surface area (Å²) in [5, 5.41) is 13.1. The second-order valence-corrected chi connectivity index (χ2v) is 4.35. The van der Waals surface area contributed by atoms with Crippen molar-refractivity contribution in [2.45, 2.75) is 12.5 Å². The van der Waals surface area contributed by atoms with E-state index in [-0.39, 0.29) is 23.1 Å². The first kappa shape index (κ1) is 13.8. The number of aromatic nitrogens is 1. The third-order valence-corrected chi connectivity index (χ3v) is 3.31. The third kappa shape index (κ3) is 3.34. The van der Waals surface area contributed by atoms with Gasteiger partial charge < -0.3 is 10.3 Å². The first-order chi connectivity index (χ1) is 7.91. The van der Waals surface area contributed by atoms with E-state index < -0.39 is 16.4 Å². The molecule has 0 radical (unpaired) electrons. The minimum absolute atomic E-state index is 0.0955. The van der Waals surface area contributed by atoms with Crippen molar-refractivity contribution in [1.29, 1.82) is 0 Å². The number of amides is 1. The van der Waals surface area contributed by atoms with Crippen molar-refractivity contribution in [3.63, 3.8) is 0 Å². The molecule has 0 fully saturated rings. The van der Waals surface area contributed by atoms with Crippen LogP contribution in [0.2, 0.25) is 0 Å². The van der Waals surface area contributed by atoms with Crippen LogP contribution >= 0.6 is 23.2 Å². The number of halogens is 2.